The molecule has 0 aliphatic heterocycles. The Morgan fingerprint density at radius 2 is 1.71 bits per heavy atom. The molecule has 10 heteroatoms. The Hall–Kier alpha value is -2.43. The average Bonchev–Trinajstić information content (AvgIpc) is 2.81. The number of aliphatic hydroxyl groups excluding tert-OH is 3. The normalized spacial score (nSPS) is 13.9. The predicted octanol–water partition coefficient (Wildman–Crippen LogP) is 0.493. The molecule has 8 nitrogen and oxygen atoms in total. The fourth-order valence-corrected chi connectivity index (χ4v) is 3.32. The zero-order chi connectivity index (χ0) is 25.3. The summed E-state index contributed by atoms with van der Waals surface area (Å²) in [5, 5.41) is 29.8. The van der Waals surface area contributed by atoms with Crippen LogP contribution in [0.5, 0.6) is 11.5 Å². The number of hydrogen-bond donors (Lipinski definition) is 5. The molecule has 0 aliphatic rings. The molecule has 2 rings (SSSR count). The zero-order valence-electron chi connectivity index (χ0n) is 19.5. The van der Waals surface area contributed by atoms with E-state index in [1.54, 1.807) is 6.07 Å². The summed E-state index contributed by atoms with van der Waals surface area (Å²) in [5.74, 6) is 6.91. The van der Waals surface area contributed by atoms with E-state index in [4.69, 9.17) is 45.6 Å². The van der Waals surface area contributed by atoms with Gasteiger partial charge >= 0.3 is 0 Å². The highest BCUT2D eigenvalue weighted by Crippen LogP contribution is 2.32. The largest absolute Gasteiger partial charge is 0.491 e. The average molecular weight is 490 g/mol. The maximum absolute atomic E-state index is 10.1. The van der Waals surface area contributed by atoms with E-state index >= 15 is 0 Å². The van der Waals surface area contributed by atoms with Gasteiger partial charge in [-0.05, 0) is 29.3 Å². The lowest BCUT2D eigenvalue weighted by Gasteiger charge is -2.27. The highest BCUT2D eigenvalue weighted by molar-refractivity contribution is 6.34. The van der Waals surface area contributed by atoms with Crippen molar-refractivity contribution >= 4 is 24.9 Å². The summed E-state index contributed by atoms with van der Waals surface area (Å²) in [6.07, 6.45) is -0.248. The van der Waals surface area contributed by atoms with E-state index in [1.165, 1.54) is 11.2 Å². The van der Waals surface area contributed by atoms with E-state index in [0.717, 1.165) is 11.1 Å². The van der Waals surface area contributed by atoms with E-state index in [9.17, 15) is 10.2 Å². The van der Waals surface area contributed by atoms with E-state index in [-0.39, 0.29) is 43.4 Å². The topological polar surface area (TPSA) is 134 Å². The summed E-state index contributed by atoms with van der Waals surface area (Å²) in [6, 6.07) is 13.2. The summed E-state index contributed by atoms with van der Waals surface area (Å²) in [5.41, 5.74) is 7.87. The van der Waals surface area contributed by atoms with Gasteiger partial charge in [0.05, 0.1) is 24.7 Å². The number of alkyl halides is 1. The molecule has 2 aromatic rings. The van der Waals surface area contributed by atoms with Crippen LogP contribution >= 0.6 is 11.6 Å². The van der Waals surface area contributed by atoms with Crippen LogP contribution in [0.1, 0.15) is 25.0 Å². The van der Waals surface area contributed by atoms with Gasteiger partial charge in [-0.25, -0.2) is 5.84 Å². The van der Waals surface area contributed by atoms with Crippen molar-refractivity contribution in [2.45, 2.75) is 31.5 Å². The molecule has 1 unspecified atom stereocenters. The molecule has 0 saturated heterocycles. The van der Waals surface area contributed by atoms with Gasteiger partial charge in [-0.1, -0.05) is 43.6 Å². The maximum atomic E-state index is 10.1. The van der Waals surface area contributed by atoms with Crippen LogP contribution in [0.15, 0.2) is 54.4 Å². The van der Waals surface area contributed by atoms with Crippen molar-refractivity contribution in [3.8, 4) is 11.5 Å². The Balaban J connectivity index is 1.99. The smallest absolute Gasteiger partial charge is 0.119 e. The number of hydrogen-bond acceptors (Lipinski definition) is 8. The summed E-state index contributed by atoms with van der Waals surface area (Å²) < 4.78 is 11.2. The SMILES string of the molecule is [B]c1cc(C(C)(C)c2ccc(OC[C@H](O)CN(N)/C=C(\N)CO)cc2)ccc1OCC(O)CCl. The molecular formula is C24H33BClN3O5. The Labute approximate surface area is 207 Å². The number of rotatable bonds is 13. The first-order chi connectivity index (χ1) is 16.1. The summed E-state index contributed by atoms with van der Waals surface area (Å²) in [6.45, 7) is 4.06. The molecule has 0 saturated carbocycles. The molecule has 0 amide bonds. The highest BCUT2D eigenvalue weighted by atomic mass is 35.5. The minimum atomic E-state index is -0.849. The van der Waals surface area contributed by atoms with Gasteiger partial charge in [0.15, 0.2) is 0 Å². The van der Waals surface area contributed by atoms with Gasteiger partial charge in [0.1, 0.15) is 44.8 Å². The fraction of sp³-hybridized carbons (Fsp3) is 0.417. The fourth-order valence-electron chi connectivity index (χ4n) is 3.23. The molecule has 2 atom stereocenters. The molecule has 0 spiro atoms. The second kappa shape index (κ2) is 12.9. The van der Waals surface area contributed by atoms with Crippen molar-refractivity contribution in [2.24, 2.45) is 11.6 Å². The number of aliphatic hydroxyl groups is 3. The van der Waals surface area contributed by atoms with Crippen molar-refractivity contribution in [3.63, 3.8) is 0 Å². The second-order valence-corrected chi connectivity index (χ2v) is 8.85. The molecular weight excluding hydrogens is 457 g/mol. The third-order valence-corrected chi connectivity index (χ3v) is 5.65. The first kappa shape index (κ1) is 27.8. The van der Waals surface area contributed by atoms with E-state index < -0.39 is 12.2 Å². The van der Waals surface area contributed by atoms with Gasteiger partial charge in [0, 0.05) is 11.6 Å². The lowest BCUT2D eigenvalue weighted by molar-refractivity contribution is 0.0815. The van der Waals surface area contributed by atoms with E-state index in [2.05, 4.69) is 13.8 Å². The van der Waals surface area contributed by atoms with Crippen molar-refractivity contribution < 1.29 is 24.8 Å². The van der Waals surface area contributed by atoms with Crippen LogP contribution in [0.3, 0.4) is 0 Å². The number of nitrogens with zero attached hydrogens (tertiary/aromatic N) is 1. The molecule has 2 radical (unpaired) electrons. The molecule has 0 bridgehead atoms. The summed E-state index contributed by atoms with van der Waals surface area (Å²) in [4.78, 5) is 0. The second-order valence-electron chi connectivity index (χ2n) is 8.54. The van der Waals surface area contributed by atoms with Crippen LogP contribution in [0.4, 0.5) is 0 Å². The first-order valence-corrected chi connectivity index (χ1v) is 11.4. The summed E-state index contributed by atoms with van der Waals surface area (Å²) in [7, 11) is 6.17. The lowest BCUT2D eigenvalue weighted by Crippen LogP contribution is -2.37. The van der Waals surface area contributed by atoms with Gasteiger partial charge < -0.3 is 35.5 Å². The van der Waals surface area contributed by atoms with Crippen molar-refractivity contribution in [3.05, 3.63) is 65.5 Å². The predicted molar refractivity (Wildman–Crippen MR) is 134 cm³/mol. The molecule has 7 N–H and O–H groups in total. The Morgan fingerprint density at radius 1 is 1.09 bits per heavy atom. The Bertz CT molecular complexity index is 943. The monoisotopic (exact) mass is 489 g/mol. The minimum absolute atomic E-state index is 0.0414. The molecule has 34 heavy (non-hydrogen) atoms. The van der Waals surface area contributed by atoms with Gasteiger partial charge in [0.2, 0.25) is 0 Å². The van der Waals surface area contributed by atoms with Gasteiger partial charge in [0.25, 0.3) is 0 Å². The number of hydrazine groups is 1. The van der Waals surface area contributed by atoms with Crippen molar-refractivity contribution in [1.82, 2.24) is 5.01 Å². The van der Waals surface area contributed by atoms with Gasteiger partial charge in [-0.3, -0.25) is 0 Å². The number of benzene rings is 2. The Morgan fingerprint density at radius 3 is 2.29 bits per heavy atom. The third kappa shape index (κ3) is 8.11. The van der Waals surface area contributed by atoms with E-state index in [0.29, 0.717) is 17.0 Å². The van der Waals surface area contributed by atoms with Crippen molar-refractivity contribution in [1.29, 1.82) is 0 Å². The van der Waals surface area contributed by atoms with Crippen LogP contribution in [-0.2, 0) is 5.41 Å². The van der Waals surface area contributed by atoms with E-state index in [1.807, 2.05) is 36.4 Å². The summed E-state index contributed by atoms with van der Waals surface area (Å²) >= 11 is 5.60. The lowest BCUT2D eigenvalue weighted by atomic mass is 9.76. The van der Waals surface area contributed by atoms with Crippen LogP contribution in [0.25, 0.3) is 0 Å². The minimum Gasteiger partial charge on any atom is -0.491 e. The third-order valence-electron chi connectivity index (χ3n) is 5.29. The standard InChI is InChI=1S/C24H33BClN3O5/c1-24(2,17-5-8-23(22(25)9-17)34-14-19(31)10-26)16-3-6-21(7-4-16)33-15-20(32)12-29(28)11-18(27)13-30/h3-9,11,19-20,30-32H,10,12-15,27-28H2,1-2H3/b18-11-/t19?,20-/m1/s1. The van der Waals surface area contributed by atoms with Crippen LogP contribution in [0.2, 0.25) is 0 Å². The van der Waals surface area contributed by atoms with Crippen molar-refractivity contribution in [2.75, 3.05) is 32.2 Å². The molecule has 184 valence electrons. The van der Waals surface area contributed by atoms with Crippen LogP contribution < -0.4 is 26.5 Å². The quantitative estimate of drug-likeness (QED) is 0.119. The maximum Gasteiger partial charge on any atom is 0.119 e. The zero-order valence-corrected chi connectivity index (χ0v) is 20.3. The highest BCUT2D eigenvalue weighted by Gasteiger charge is 2.24. The number of ether oxygens (including phenoxy) is 2. The molecule has 0 fully saturated rings. The van der Waals surface area contributed by atoms with Gasteiger partial charge in [-0.15, -0.1) is 11.6 Å². The first-order valence-electron chi connectivity index (χ1n) is 10.8. The molecule has 2 aromatic carbocycles. The van der Waals surface area contributed by atoms with Crippen LogP contribution in [-0.4, -0.2) is 72.6 Å². The molecule has 0 aromatic heterocycles. The number of halogens is 1. The van der Waals surface area contributed by atoms with Gasteiger partial charge in [-0.2, -0.15) is 0 Å². The number of nitrogens with two attached hydrogens (primary N) is 2. The van der Waals surface area contributed by atoms with Crippen LogP contribution in [0, 0.1) is 0 Å². The molecule has 0 heterocycles. The Kier molecular flexibility index (Phi) is 10.5. The molecule has 0 aliphatic carbocycles.